The first-order valence-corrected chi connectivity index (χ1v) is 10.4. The van der Waals surface area contributed by atoms with Gasteiger partial charge in [0.25, 0.3) is 5.91 Å². The predicted molar refractivity (Wildman–Crippen MR) is 116 cm³/mol. The van der Waals surface area contributed by atoms with E-state index in [0.29, 0.717) is 17.7 Å². The van der Waals surface area contributed by atoms with Crippen LogP contribution in [-0.4, -0.2) is 51.2 Å². The number of rotatable bonds is 5. The molecular formula is C23H29N5O. The first kappa shape index (κ1) is 19.6. The zero-order valence-corrected chi connectivity index (χ0v) is 17.4. The summed E-state index contributed by atoms with van der Waals surface area (Å²) in [4.78, 5) is 19.7. The third-order valence-corrected chi connectivity index (χ3v) is 5.72. The lowest BCUT2D eigenvalue weighted by Crippen LogP contribution is -2.49. The quantitative estimate of drug-likeness (QED) is 0.693. The molecule has 1 fully saturated rings. The van der Waals surface area contributed by atoms with Crippen LogP contribution in [0.2, 0.25) is 0 Å². The van der Waals surface area contributed by atoms with Crippen LogP contribution in [0, 0.1) is 5.92 Å². The number of H-pyrrole nitrogens is 1. The minimum atomic E-state index is -0.103. The molecule has 1 amide bonds. The fraction of sp³-hybridized carbons (Fsp3) is 0.435. The number of likely N-dealkylation sites (tertiary alicyclic amines) is 1. The van der Waals surface area contributed by atoms with Crippen molar-refractivity contribution in [1.82, 2.24) is 25.4 Å². The average Bonchev–Trinajstić information content (AvgIpc) is 3.14. The number of benzene rings is 1. The van der Waals surface area contributed by atoms with Crippen molar-refractivity contribution in [2.75, 3.05) is 13.1 Å². The fourth-order valence-corrected chi connectivity index (χ4v) is 4.25. The van der Waals surface area contributed by atoms with Crippen molar-refractivity contribution in [2.24, 2.45) is 5.92 Å². The van der Waals surface area contributed by atoms with Crippen LogP contribution in [0.15, 0.2) is 42.7 Å². The van der Waals surface area contributed by atoms with E-state index in [1.165, 1.54) is 0 Å². The molecular weight excluding hydrogens is 362 g/mol. The SMILES string of the molecule is CC(C)CN1CCC(NC(=O)c2n[nH]c3ccc(-c4cccnc4)cc23)CC1C. The molecule has 152 valence electrons. The van der Waals surface area contributed by atoms with Crippen molar-refractivity contribution < 1.29 is 4.79 Å². The second kappa shape index (κ2) is 8.33. The molecule has 1 saturated heterocycles. The molecule has 3 heterocycles. The van der Waals surface area contributed by atoms with Gasteiger partial charge in [-0.1, -0.05) is 26.0 Å². The van der Waals surface area contributed by atoms with E-state index in [1.807, 2.05) is 36.5 Å². The average molecular weight is 392 g/mol. The van der Waals surface area contributed by atoms with Gasteiger partial charge in [-0.25, -0.2) is 0 Å². The maximum atomic E-state index is 13.0. The van der Waals surface area contributed by atoms with Crippen molar-refractivity contribution >= 4 is 16.8 Å². The van der Waals surface area contributed by atoms with Gasteiger partial charge < -0.3 is 10.2 Å². The second-order valence-corrected chi connectivity index (χ2v) is 8.51. The Hall–Kier alpha value is -2.73. The van der Waals surface area contributed by atoms with Crippen molar-refractivity contribution in [3.8, 4) is 11.1 Å². The minimum Gasteiger partial charge on any atom is -0.348 e. The zero-order chi connectivity index (χ0) is 20.4. The number of carbonyl (C=O) groups excluding carboxylic acids is 1. The summed E-state index contributed by atoms with van der Waals surface area (Å²) in [6.07, 6.45) is 5.54. The molecule has 1 aromatic carbocycles. The molecule has 1 aliphatic rings. The Morgan fingerprint density at radius 1 is 1.31 bits per heavy atom. The predicted octanol–water partition coefficient (Wildman–Crippen LogP) is 3.86. The van der Waals surface area contributed by atoms with Gasteiger partial charge in [0, 0.05) is 48.5 Å². The van der Waals surface area contributed by atoms with E-state index < -0.39 is 0 Å². The minimum absolute atomic E-state index is 0.103. The van der Waals surface area contributed by atoms with Crippen LogP contribution in [0.4, 0.5) is 0 Å². The summed E-state index contributed by atoms with van der Waals surface area (Å²) in [5, 5.41) is 11.4. The number of hydrogen-bond donors (Lipinski definition) is 2. The largest absolute Gasteiger partial charge is 0.348 e. The Kier molecular flexibility index (Phi) is 5.62. The monoisotopic (exact) mass is 391 g/mol. The van der Waals surface area contributed by atoms with E-state index in [-0.39, 0.29) is 11.9 Å². The molecule has 29 heavy (non-hydrogen) atoms. The highest BCUT2D eigenvalue weighted by atomic mass is 16.2. The normalized spacial score (nSPS) is 20.3. The van der Waals surface area contributed by atoms with E-state index in [2.05, 4.69) is 46.2 Å². The zero-order valence-electron chi connectivity index (χ0n) is 17.4. The molecule has 0 bridgehead atoms. The number of pyridine rings is 1. The van der Waals surface area contributed by atoms with E-state index in [0.717, 1.165) is 48.0 Å². The van der Waals surface area contributed by atoms with Crippen molar-refractivity contribution in [2.45, 2.75) is 45.7 Å². The molecule has 1 aliphatic heterocycles. The van der Waals surface area contributed by atoms with Crippen LogP contribution in [-0.2, 0) is 0 Å². The van der Waals surface area contributed by atoms with Gasteiger partial charge in [0.2, 0.25) is 0 Å². The smallest absolute Gasteiger partial charge is 0.272 e. The van der Waals surface area contributed by atoms with Gasteiger partial charge in [-0.2, -0.15) is 5.10 Å². The number of amides is 1. The molecule has 0 spiro atoms. The molecule has 0 aliphatic carbocycles. The van der Waals surface area contributed by atoms with Crippen LogP contribution < -0.4 is 5.32 Å². The number of fused-ring (bicyclic) bond motifs is 1. The summed E-state index contributed by atoms with van der Waals surface area (Å²) >= 11 is 0. The van der Waals surface area contributed by atoms with Crippen LogP contribution in [0.25, 0.3) is 22.0 Å². The third kappa shape index (κ3) is 4.32. The molecule has 2 unspecified atom stereocenters. The highest BCUT2D eigenvalue weighted by molar-refractivity contribution is 6.05. The molecule has 2 N–H and O–H groups in total. The first-order chi connectivity index (χ1) is 14.0. The van der Waals surface area contributed by atoms with Crippen molar-refractivity contribution in [1.29, 1.82) is 0 Å². The van der Waals surface area contributed by atoms with Gasteiger partial charge in [0.15, 0.2) is 5.69 Å². The number of aromatic nitrogens is 3. The summed E-state index contributed by atoms with van der Waals surface area (Å²) in [6.45, 7) is 8.90. The molecule has 2 atom stereocenters. The summed E-state index contributed by atoms with van der Waals surface area (Å²) in [5.41, 5.74) is 3.37. The summed E-state index contributed by atoms with van der Waals surface area (Å²) in [6, 6.07) is 10.6. The number of hydrogen-bond acceptors (Lipinski definition) is 4. The van der Waals surface area contributed by atoms with Gasteiger partial charge in [0.1, 0.15) is 0 Å². The van der Waals surface area contributed by atoms with E-state index in [9.17, 15) is 4.79 Å². The number of carbonyl (C=O) groups is 1. The van der Waals surface area contributed by atoms with Gasteiger partial charge in [-0.15, -0.1) is 0 Å². The van der Waals surface area contributed by atoms with Gasteiger partial charge in [-0.05, 0) is 49.4 Å². The van der Waals surface area contributed by atoms with Crippen LogP contribution in [0.3, 0.4) is 0 Å². The Morgan fingerprint density at radius 2 is 2.17 bits per heavy atom. The van der Waals surface area contributed by atoms with Gasteiger partial charge >= 0.3 is 0 Å². The molecule has 6 nitrogen and oxygen atoms in total. The van der Waals surface area contributed by atoms with Crippen LogP contribution in [0.5, 0.6) is 0 Å². The number of nitrogens with one attached hydrogen (secondary N) is 2. The Morgan fingerprint density at radius 3 is 2.90 bits per heavy atom. The number of aromatic amines is 1. The van der Waals surface area contributed by atoms with Crippen molar-refractivity contribution in [3.05, 3.63) is 48.4 Å². The molecule has 2 aromatic heterocycles. The second-order valence-electron chi connectivity index (χ2n) is 8.51. The first-order valence-electron chi connectivity index (χ1n) is 10.4. The van der Waals surface area contributed by atoms with E-state index >= 15 is 0 Å². The number of nitrogens with zero attached hydrogens (tertiary/aromatic N) is 3. The topological polar surface area (TPSA) is 73.9 Å². The summed E-state index contributed by atoms with van der Waals surface area (Å²) in [7, 11) is 0. The summed E-state index contributed by atoms with van der Waals surface area (Å²) in [5.74, 6) is 0.558. The third-order valence-electron chi connectivity index (χ3n) is 5.72. The van der Waals surface area contributed by atoms with Crippen LogP contribution in [0.1, 0.15) is 44.1 Å². The van der Waals surface area contributed by atoms with Gasteiger partial charge in [0.05, 0.1) is 5.52 Å². The Bertz CT molecular complexity index is 981. The Balaban J connectivity index is 1.49. The highest BCUT2D eigenvalue weighted by Crippen LogP contribution is 2.25. The fourth-order valence-electron chi connectivity index (χ4n) is 4.25. The molecule has 6 heteroatoms. The summed E-state index contributed by atoms with van der Waals surface area (Å²) < 4.78 is 0. The molecule has 3 aromatic rings. The Labute approximate surface area is 171 Å². The van der Waals surface area contributed by atoms with Crippen molar-refractivity contribution in [3.63, 3.8) is 0 Å². The standard InChI is InChI=1S/C23H29N5O/c1-15(2)14-28-10-8-19(11-16(28)3)25-23(29)22-20-12-17(6-7-21(20)26-27-22)18-5-4-9-24-13-18/h4-7,9,12-13,15-16,19H,8,10-11,14H2,1-3H3,(H,25,29)(H,26,27). The maximum Gasteiger partial charge on any atom is 0.272 e. The lowest BCUT2D eigenvalue weighted by molar-refractivity contribution is 0.0856. The maximum absolute atomic E-state index is 13.0. The van der Waals surface area contributed by atoms with E-state index in [1.54, 1.807) is 6.20 Å². The lowest BCUT2D eigenvalue weighted by Gasteiger charge is -2.38. The lowest BCUT2D eigenvalue weighted by atomic mass is 9.97. The van der Waals surface area contributed by atoms with Gasteiger partial charge in [-0.3, -0.25) is 14.9 Å². The molecule has 0 saturated carbocycles. The molecule has 0 radical (unpaired) electrons. The van der Waals surface area contributed by atoms with Crippen LogP contribution >= 0.6 is 0 Å². The number of piperidine rings is 1. The molecule has 4 rings (SSSR count). The highest BCUT2D eigenvalue weighted by Gasteiger charge is 2.27. The van der Waals surface area contributed by atoms with E-state index in [4.69, 9.17) is 0 Å².